The average Bonchev–Trinajstić information content (AvgIpc) is 2.70. The minimum Gasteiger partial charge on any atom is -0.322 e. The molecule has 6 heteroatoms. The fourth-order valence-corrected chi connectivity index (χ4v) is 4.18. The van der Waals surface area contributed by atoms with Crippen LogP contribution in [0.5, 0.6) is 0 Å². The number of hydrogen-bond acceptors (Lipinski definition) is 3. The molecule has 0 radical (unpaired) electrons. The molecule has 0 fully saturated rings. The zero-order valence-electron chi connectivity index (χ0n) is 16.7. The Morgan fingerprint density at radius 2 is 1.52 bits per heavy atom. The van der Waals surface area contributed by atoms with Gasteiger partial charge in [-0.05, 0) is 61.7 Å². The summed E-state index contributed by atoms with van der Waals surface area (Å²) in [4.78, 5) is 13.0. The lowest BCUT2D eigenvalue weighted by Gasteiger charge is -2.15. The first-order valence-corrected chi connectivity index (χ1v) is 10.9. The number of carbonyl (C=O) groups is 1. The van der Waals surface area contributed by atoms with E-state index in [4.69, 9.17) is 0 Å². The fraction of sp³-hybridized carbons (Fsp3) is 0.174. The summed E-state index contributed by atoms with van der Waals surface area (Å²) in [6.07, 6.45) is 0.797. The molecule has 0 aliphatic carbocycles. The van der Waals surface area contributed by atoms with Gasteiger partial charge in [0.1, 0.15) is 0 Å². The number of hydrogen-bond donors (Lipinski definition) is 2. The molecule has 2 N–H and O–H groups in total. The van der Waals surface area contributed by atoms with Crippen LogP contribution >= 0.6 is 0 Å². The molecule has 0 atom stereocenters. The molecule has 0 spiro atoms. The van der Waals surface area contributed by atoms with Crippen molar-refractivity contribution in [2.75, 3.05) is 10.0 Å². The molecule has 5 nitrogen and oxygen atoms in total. The molecule has 0 saturated heterocycles. The van der Waals surface area contributed by atoms with Gasteiger partial charge in [-0.2, -0.15) is 0 Å². The molecule has 29 heavy (non-hydrogen) atoms. The summed E-state index contributed by atoms with van der Waals surface area (Å²) in [7, 11) is -3.75. The molecule has 0 heterocycles. The van der Waals surface area contributed by atoms with Crippen LogP contribution in [-0.2, 0) is 16.4 Å². The first kappa shape index (κ1) is 20.6. The highest BCUT2D eigenvalue weighted by atomic mass is 32.2. The summed E-state index contributed by atoms with van der Waals surface area (Å²) in [5, 5.41) is 2.93. The van der Waals surface area contributed by atoms with Gasteiger partial charge in [-0.3, -0.25) is 9.52 Å². The Bertz CT molecular complexity index is 1140. The zero-order valence-corrected chi connectivity index (χ0v) is 17.5. The lowest BCUT2D eigenvalue weighted by Crippen LogP contribution is -2.17. The van der Waals surface area contributed by atoms with Gasteiger partial charge in [-0.15, -0.1) is 0 Å². The number of anilines is 2. The summed E-state index contributed by atoms with van der Waals surface area (Å²) in [5.74, 6) is -0.278. The quantitative estimate of drug-likeness (QED) is 0.608. The van der Waals surface area contributed by atoms with E-state index in [1.54, 1.807) is 49.4 Å². The molecular weight excluding hydrogens is 384 g/mol. The number of sulfonamides is 1. The van der Waals surface area contributed by atoms with Gasteiger partial charge in [0.25, 0.3) is 15.9 Å². The molecule has 3 aromatic carbocycles. The highest BCUT2D eigenvalue weighted by molar-refractivity contribution is 7.92. The van der Waals surface area contributed by atoms with Crippen molar-refractivity contribution in [3.63, 3.8) is 0 Å². The van der Waals surface area contributed by atoms with Crippen LogP contribution in [0, 0.1) is 13.8 Å². The van der Waals surface area contributed by atoms with Crippen molar-refractivity contribution in [3.05, 3.63) is 89.0 Å². The molecule has 0 unspecified atom stereocenters. The summed E-state index contributed by atoms with van der Waals surface area (Å²) in [5.41, 5.74) is 4.13. The minimum atomic E-state index is -3.75. The van der Waals surface area contributed by atoms with E-state index in [2.05, 4.69) is 10.0 Å². The highest BCUT2D eigenvalue weighted by Gasteiger charge is 2.18. The third-order valence-corrected chi connectivity index (χ3v) is 6.18. The van der Waals surface area contributed by atoms with Crippen LogP contribution in [0.4, 0.5) is 11.4 Å². The molecule has 0 aliphatic rings. The van der Waals surface area contributed by atoms with Crippen LogP contribution in [0.3, 0.4) is 0 Å². The molecule has 1 amide bonds. The molecule has 0 aliphatic heterocycles. The van der Waals surface area contributed by atoms with Crippen molar-refractivity contribution in [2.24, 2.45) is 0 Å². The van der Waals surface area contributed by atoms with Gasteiger partial charge in [0, 0.05) is 11.3 Å². The second-order valence-electron chi connectivity index (χ2n) is 6.86. The smallest absolute Gasteiger partial charge is 0.261 e. The molecule has 0 aromatic heterocycles. The van der Waals surface area contributed by atoms with E-state index >= 15 is 0 Å². The van der Waals surface area contributed by atoms with Crippen LogP contribution in [0.1, 0.15) is 34.0 Å². The van der Waals surface area contributed by atoms with E-state index in [0.29, 0.717) is 16.8 Å². The number of benzene rings is 3. The summed E-state index contributed by atoms with van der Waals surface area (Å²) >= 11 is 0. The lowest BCUT2D eigenvalue weighted by atomic mass is 10.1. The normalized spacial score (nSPS) is 11.1. The maximum Gasteiger partial charge on any atom is 0.261 e. The van der Waals surface area contributed by atoms with Crippen LogP contribution in [0.25, 0.3) is 0 Å². The number of nitrogens with one attached hydrogen (secondary N) is 2. The van der Waals surface area contributed by atoms with Gasteiger partial charge in [0.2, 0.25) is 0 Å². The Labute approximate surface area is 171 Å². The third-order valence-electron chi connectivity index (χ3n) is 4.80. The Morgan fingerprint density at radius 1 is 0.862 bits per heavy atom. The van der Waals surface area contributed by atoms with Gasteiger partial charge in [-0.1, -0.05) is 48.9 Å². The van der Waals surface area contributed by atoms with Crippen molar-refractivity contribution in [1.82, 2.24) is 0 Å². The van der Waals surface area contributed by atoms with Crippen LogP contribution < -0.4 is 10.0 Å². The van der Waals surface area contributed by atoms with Crippen molar-refractivity contribution >= 4 is 27.3 Å². The van der Waals surface area contributed by atoms with Crippen molar-refractivity contribution in [1.29, 1.82) is 0 Å². The Morgan fingerprint density at radius 3 is 2.21 bits per heavy atom. The molecule has 150 valence electrons. The molecule has 0 saturated carbocycles. The monoisotopic (exact) mass is 408 g/mol. The maximum absolute atomic E-state index is 12.8. The first-order chi connectivity index (χ1) is 13.8. The fourth-order valence-electron chi connectivity index (χ4n) is 3.05. The molecule has 0 bridgehead atoms. The summed E-state index contributed by atoms with van der Waals surface area (Å²) in [6.45, 7) is 5.65. The molecule has 3 rings (SSSR count). The second-order valence-corrected chi connectivity index (χ2v) is 8.54. The number of rotatable bonds is 6. The molecule has 3 aromatic rings. The number of amides is 1. The highest BCUT2D eigenvalue weighted by Crippen LogP contribution is 2.24. The average molecular weight is 409 g/mol. The predicted molar refractivity (Wildman–Crippen MR) is 117 cm³/mol. The summed E-state index contributed by atoms with van der Waals surface area (Å²) in [6, 6.07) is 19.2. The van der Waals surface area contributed by atoms with Gasteiger partial charge in [-0.25, -0.2) is 8.42 Å². The van der Waals surface area contributed by atoms with Crippen LogP contribution in [0.15, 0.2) is 71.6 Å². The number of aryl methyl sites for hydroxylation is 2. The Balaban J connectivity index is 1.87. The minimum absolute atomic E-state index is 0.175. The predicted octanol–water partition coefficient (Wildman–Crippen LogP) is 4.92. The van der Waals surface area contributed by atoms with E-state index < -0.39 is 10.0 Å². The van der Waals surface area contributed by atoms with Gasteiger partial charge in [0.05, 0.1) is 10.6 Å². The second kappa shape index (κ2) is 8.49. The SMILES string of the molecule is CCc1ccccc1NC(=O)c1cccc(NS(=O)(=O)c2ccc(C)cc2)c1C. The van der Waals surface area contributed by atoms with Crippen molar-refractivity contribution < 1.29 is 13.2 Å². The first-order valence-electron chi connectivity index (χ1n) is 9.40. The number of carbonyl (C=O) groups excluding carboxylic acids is 1. The zero-order chi connectivity index (χ0) is 21.0. The van der Waals surface area contributed by atoms with Crippen molar-refractivity contribution in [3.8, 4) is 0 Å². The van der Waals surface area contributed by atoms with Gasteiger partial charge >= 0.3 is 0 Å². The Kier molecular flexibility index (Phi) is 6.03. The number of para-hydroxylation sites is 1. The van der Waals surface area contributed by atoms with Crippen LogP contribution in [-0.4, -0.2) is 14.3 Å². The molecular formula is C23H24N2O3S. The van der Waals surface area contributed by atoms with Crippen LogP contribution in [0.2, 0.25) is 0 Å². The van der Waals surface area contributed by atoms with Crippen molar-refractivity contribution in [2.45, 2.75) is 32.1 Å². The topological polar surface area (TPSA) is 75.3 Å². The third kappa shape index (κ3) is 4.66. The van der Waals surface area contributed by atoms with E-state index in [9.17, 15) is 13.2 Å². The van der Waals surface area contributed by atoms with E-state index in [1.807, 2.05) is 38.1 Å². The lowest BCUT2D eigenvalue weighted by molar-refractivity contribution is 0.102. The van der Waals surface area contributed by atoms with E-state index in [-0.39, 0.29) is 10.8 Å². The van der Waals surface area contributed by atoms with Gasteiger partial charge in [0.15, 0.2) is 0 Å². The largest absolute Gasteiger partial charge is 0.322 e. The van der Waals surface area contributed by atoms with E-state index in [1.165, 1.54) is 0 Å². The standard InChI is InChI=1S/C23H24N2O3S/c1-4-18-8-5-6-10-22(18)24-23(26)20-9-7-11-21(17(20)3)25-29(27,28)19-14-12-16(2)13-15-19/h5-15,25H,4H2,1-3H3,(H,24,26). The van der Waals surface area contributed by atoms with E-state index in [0.717, 1.165) is 23.2 Å². The van der Waals surface area contributed by atoms with Gasteiger partial charge < -0.3 is 5.32 Å². The Hall–Kier alpha value is -3.12. The summed E-state index contributed by atoms with van der Waals surface area (Å²) < 4.78 is 28.0. The maximum atomic E-state index is 12.8.